The maximum absolute atomic E-state index is 7.22. The number of benzene rings is 2. The molecule has 92 valence electrons. The van der Waals surface area contributed by atoms with Gasteiger partial charge < -0.3 is 0 Å². The Bertz CT molecular complexity index is 951. The molecule has 0 saturated carbocycles. The summed E-state index contributed by atoms with van der Waals surface area (Å²) in [6, 6.07) is 11.9. The molecular weight excluding hydrogens is 248 g/mol. The first-order valence-corrected chi connectivity index (χ1v) is 6.24. The summed E-state index contributed by atoms with van der Waals surface area (Å²) in [6.45, 7) is 15.2. The highest BCUT2D eigenvalue weighted by molar-refractivity contribution is 5.91. The molecule has 4 rings (SSSR count). The fourth-order valence-electron chi connectivity index (χ4n) is 2.81. The zero-order valence-corrected chi connectivity index (χ0v) is 10.5. The molecule has 1 aliphatic heterocycles. The third-order valence-corrected chi connectivity index (χ3v) is 3.69. The van der Waals surface area contributed by atoms with E-state index in [1.165, 1.54) is 5.56 Å². The highest BCUT2D eigenvalue weighted by Crippen LogP contribution is 2.34. The maximum Gasteiger partial charge on any atom is 0.202 e. The normalized spacial score (nSPS) is 11.7. The zero-order chi connectivity index (χ0) is 13.7. The van der Waals surface area contributed by atoms with Crippen molar-refractivity contribution in [1.29, 1.82) is 0 Å². The molecule has 0 amide bonds. The fourth-order valence-corrected chi connectivity index (χ4v) is 2.81. The fraction of sp³-hybridized carbons (Fsp3) is 0.0625. The first-order chi connectivity index (χ1) is 9.81. The van der Waals surface area contributed by atoms with Crippen molar-refractivity contribution in [1.82, 2.24) is 4.68 Å². The monoisotopic (exact) mass is 257 g/mol. The summed E-state index contributed by atoms with van der Waals surface area (Å²) in [7, 11) is 0. The Labute approximate surface area is 115 Å². The third-order valence-electron chi connectivity index (χ3n) is 3.69. The van der Waals surface area contributed by atoms with Gasteiger partial charge in [-0.1, -0.05) is 24.3 Å². The molecule has 0 radical (unpaired) electrons. The van der Waals surface area contributed by atoms with Gasteiger partial charge in [0.15, 0.2) is 17.9 Å². The third kappa shape index (κ3) is 1.25. The van der Waals surface area contributed by atoms with Crippen LogP contribution in [0.2, 0.25) is 0 Å². The average Bonchev–Trinajstić information content (AvgIpc) is 3.00. The molecule has 0 spiro atoms. The first kappa shape index (κ1) is 10.8. The topological polar surface area (TPSA) is 17.5 Å². The molecule has 0 atom stereocenters. The van der Waals surface area contributed by atoms with E-state index in [1.807, 2.05) is 24.4 Å². The summed E-state index contributed by atoms with van der Waals surface area (Å²) in [5, 5.41) is 0.998. The summed E-state index contributed by atoms with van der Waals surface area (Å²) >= 11 is 0. The lowest BCUT2D eigenvalue weighted by Gasteiger charge is -1.99. The van der Waals surface area contributed by atoms with Gasteiger partial charge in [-0.2, -0.15) is 0 Å². The van der Waals surface area contributed by atoms with Gasteiger partial charge in [0.2, 0.25) is 6.20 Å². The number of hydrogen-bond donors (Lipinski definition) is 0. The van der Waals surface area contributed by atoms with Crippen LogP contribution >= 0.6 is 0 Å². The highest BCUT2D eigenvalue weighted by Gasteiger charge is 2.28. The molecule has 2 heterocycles. The first-order valence-electron chi connectivity index (χ1n) is 6.24. The van der Waals surface area contributed by atoms with Crippen molar-refractivity contribution < 1.29 is 4.68 Å². The van der Waals surface area contributed by atoms with Crippen molar-refractivity contribution in [2.45, 2.75) is 6.54 Å². The van der Waals surface area contributed by atoms with Crippen molar-refractivity contribution in [2.24, 2.45) is 0 Å². The molecule has 0 saturated heterocycles. The van der Waals surface area contributed by atoms with Crippen molar-refractivity contribution in [3.8, 4) is 5.69 Å². The lowest BCUT2D eigenvalue weighted by Crippen LogP contribution is -2.36. The summed E-state index contributed by atoms with van der Waals surface area (Å²) in [5.41, 5.74) is 4.24. The molecule has 0 bridgehead atoms. The van der Waals surface area contributed by atoms with Crippen LogP contribution in [0.3, 0.4) is 0 Å². The molecule has 0 aliphatic carbocycles. The smallest absolute Gasteiger partial charge is 0.202 e. The van der Waals surface area contributed by atoms with Crippen molar-refractivity contribution in [3.05, 3.63) is 71.0 Å². The van der Waals surface area contributed by atoms with Crippen LogP contribution in [-0.4, -0.2) is 4.68 Å². The quantitative estimate of drug-likeness (QED) is 0.339. The number of aromatic nitrogens is 2. The van der Waals surface area contributed by atoms with E-state index in [0.29, 0.717) is 11.4 Å². The number of fused-ring (bicyclic) bond motifs is 5. The van der Waals surface area contributed by atoms with E-state index in [4.69, 9.17) is 13.1 Å². The second-order valence-corrected chi connectivity index (χ2v) is 4.79. The standard InChI is InChI=1S/C16H9N4/c1-17-13-7-12-10-19-9-11-5-3-4-6-15(11)20(19)16(12)8-14(13)18-2/h3-8,10H,9H2/q+1. The van der Waals surface area contributed by atoms with Gasteiger partial charge in [-0.05, 0) is 12.1 Å². The molecule has 3 aromatic rings. The van der Waals surface area contributed by atoms with Crippen LogP contribution in [-0.2, 0) is 6.54 Å². The van der Waals surface area contributed by atoms with E-state index in [1.54, 1.807) is 6.07 Å². The number of rotatable bonds is 0. The lowest BCUT2D eigenvalue weighted by molar-refractivity contribution is -0.749. The van der Waals surface area contributed by atoms with Crippen LogP contribution in [0.25, 0.3) is 26.3 Å². The molecule has 0 N–H and O–H groups in total. The van der Waals surface area contributed by atoms with Gasteiger partial charge in [0.05, 0.1) is 18.5 Å². The Morgan fingerprint density at radius 2 is 1.80 bits per heavy atom. The number of nitrogens with zero attached hydrogens (tertiary/aromatic N) is 4. The Morgan fingerprint density at radius 1 is 1.05 bits per heavy atom. The average molecular weight is 257 g/mol. The van der Waals surface area contributed by atoms with Gasteiger partial charge >= 0.3 is 0 Å². The summed E-state index contributed by atoms with van der Waals surface area (Å²) < 4.78 is 4.24. The number of para-hydroxylation sites is 1. The van der Waals surface area contributed by atoms with Crippen molar-refractivity contribution in [2.75, 3.05) is 0 Å². The van der Waals surface area contributed by atoms with Crippen LogP contribution in [0.4, 0.5) is 11.4 Å². The molecule has 20 heavy (non-hydrogen) atoms. The molecular formula is C16H9N4+. The van der Waals surface area contributed by atoms with Crippen LogP contribution in [0.5, 0.6) is 0 Å². The highest BCUT2D eigenvalue weighted by atomic mass is 15.4. The SMILES string of the molecule is [C-]#[N+]c1cc2c[n+]3n(c2cc1[N+]#[C-])-c1ccccc1C3. The van der Waals surface area contributed by atoms with Crippen LogP contribution in [0.15, 0.2) is 42.6 Å². The maximum atomic E-state index is 7.22. The molecule has 1 aromatic heterocycles. The molecule has 4 heteroatoms. The predicted octanol–water partition coefficient (Wildman–Crippen LogP) is 3.38. The van der Waals surface area contributed by atoms with E-state index in [9.17, 15) is 0 Å². The summed E-state index contributed by atoms with van der Waals surface area (Å²) in [4.78, 5) is 6.90. The van der Waals surface area contributed by atoms with Crippen LogP contribution in [0.1, 0.15) is 5.56 Å². The molecule has 0 unspecified atom stereocenters. The van der Waals surface area contributed by atoms with Gasteiger partial charge in [-0.15, -0.1) is 9.36 Å². The Morgan fingerprint density at radius 3 is 2.60 bits per heavy atom. The van der Waals surface area contributed by atoms with E-state index >= 15 is 0 Å². The Kier molecular flexibility index (Phi) is 1.99. The number of hydrogen-bond acceptors (Lipinski definition) is 0. The van der Waals surface area contributed by atoms with Gasteiger partial charge in [0.25, 0.3) is 0 Å². The van der Waals surface area contributed by atoms with Gasteiger partial charge in [0.1, 0.15) is 11.2 Å². The lowest BCUT2D eigenvalue weighted by atomic mass is 10.1. The van der Waals surface area contributed by atoms with Crippen molar-refractivity contribution >= 4 is 22.3 Å². The van der Waals surface area contributed by atoms with E-state index in [-0.39, 0.29) is 0 Å². The predicted molar refractivity (Wildman–Crippen MR) is 75.1 cm³/mol. The minimum atomic E-state index is 0.415. The van der Waals surface area contributed by atoms with Crippen LogP contribution in [0, 0.1) is 13.1 Å². The molecule has 0 fully saturated rings. The Balaban J connectivity index is 2.10. The van der Waals surface area contributed by atoms with E-state index < -0.39 is 0 Å². The summed E-state index contributed by atoms with van der Waals surface area (Å²) in [6.07, 6.45) is 2.04. The van der Waals surface area contributed by atoms with E-state index in [2.05, 4.69) is 31.2 Å². The minimum Gasteiger partial charge on any atom is -0.250 e. The molecule has 1 aliphatic rings. The second-order valence-electron chi connectivity index (χ2n) is 4.79. The van der Waals surface area contributed by atoms with Gasteiger partial charge in [0, 0.05) is 5.56 Å². The zero-order valence-electron chi connectivity index (χ0n) is 10.5. The minimum absolute atomic E-state index is 0.415. The van der Waals surface area contributed by atoms with Gasteiger partial charge in [-0.25, -0.2) is 0 Å². The molecule has 4 nitrogen and oxygen atoms in total. The second kappa shape index (κ2) is 3.69. The molecule has 2 aromatic carbocycles. The Hall–Kier alpha value is -3.11. The van der Waals surface area contributed by atoms with Crippen molar-refractivity contribution in [3.63, 3.8) is 0 Å². The van der Waals surface area contributed by atoms with E-state index in [0.717, 1.165) is 23.1 Å². The van der Waals surface area contributed by atoms with Gasteiger partial charge in [-0.3, -0.25) is 9.69 Å². The summed E-state index contributed by atoms with van der Waals surface area (Å²) in [5.74, 6) is 0. The van der Waals surface area contributed by atoms with Crippen LogP contribution < -0.4 is 4.68 Å². The largest absolute Gasteiger partial charge is 0.250 e.